The number of anilines is 1. The fourth-order valence-corrected chi connectivity index (χ4v) is 2.58. The molecule has 1 aromatic carbocycles. The van der Waals surface area contributed by atoms with Gasteiger partial charge in [-0.05, 0) is 52.7 Å². The molecule has 0 unspecified atom stereocenters. The van der Waals surface area contributed by atoms with Crippen molar-refractivity contribution < 1.29 is 9.18 Å². The number of amides is 1. The molecule has 17 heavy (non-hydrogen) atoms. The number of hydrogen-bond donors (Lipinski definition) is 1. The summed E-state index contributed by atoms with van der Waals surface area (Å²) < 4.78 is 14.2. The van der Waals surface area contributed by atoms with Crippen LogP contribution in [-0.2, 0) is 0 Å². The Morgan fingerprint density at radius 1 is 1.35 bits per heavy atom. The van der Waals surface area contributed by atoms with Crippen molar-refractivity contribution in [3.05, 3.63) is 50.4 Å². The zero-order valence-corrected chi connectivity index (χ0v) is 11.4. The highest BCUT2D eigenvalue weighted by molar-refractivity contribution is 9.11. The van der Waals surface area contributed by atoms with Gasteiger partial charge in [0.15, 0.2) is 0 Å². The van der Waals surface area contributed by atoms with Crippen LogP contribution in [0.25, 0.3) is 0 Å². The van der Waals surface area contributed by atoms with Gasteiger partial charge in [-0.25, -0.2) is 4.39 Å². The van der Waals surface area contributed by atoms with E-state index in [4.69, 9.17) is 0 Å². The molecular formula is C12H9BrFNOS. The summed E-state index contributed by atoms with van der Waals surface area (Å²) in [4.78, 5) is 12.4. The average Bonchev–Trinajstić information content (AvgIpc) is 2.70. The Bertz CT molecular complexity index is 567. The van der Waals surface area contributed by atoms with Gasteiger partial charge in [-0.15, -0.1) is 11.3 Å². The summed E-state index contributed by atoms with van der Waals surface area (Å²) in [5.41, 5.74) is 1.02. The van der Waals surface area contributed by atoms with Crippen LogP contribution in [0.5, 0.6) is 0 Å². The molecule has 1 aromatic heterocycles. The normalized spacial score (nSPS) is 10.3. The zero-order valence-electron chi connectivity index (χ0n) is 8.96. The highest BCUT2D eigenvalue weighted by Gasteiger charge is 2.09. The van der Waals surface area contributed by atoms with Gasteiger partial charge in [-0.2, -0.15) is 0 Å². The van der Waals surface area contributed by atoms with E-state index in [2.05, 4.69) is 21.2 Å². The Kier molecular flexibility index (Phi) is 3.59. The molecular weight excluding hydrogens is 305 g/mol. The first-order valence-corrected chi connectivity index (χ1v) is 6.50. The number of aryl methyl sites for hydroxylation is 1. The quantitative estimate of drug-likeness (QED) is 0.884. The van der Waals surface area contributed by atoms with Crippen molar-refractivity contribution in [2.75, 3.05) is 5.32 Å². The largest absolute Gasteiger partial charge is 0.321 e. The third-order valence-corrected chi connectivity index (χ3v) is 3.85. The summed E-state index contributed by atoms with van der Waals surface area (Å²) >= 11 is 4.62. The van der Waals surface area contributed by atoms with E-state index in [0.717, 1.165) is 3.79 Å². The van der Waals surface area contributed by atoms with Gasteiger partial charge in [-0.3, -0.25) is 4.79 Å². The predicted octanol–water partition coefficient (Wildman–Crippen LogP) is 4.21. The van der Waals surface area contributed by atoms with E-state index in [1.165, 1.54) is 17.4 Å². The van der Waals surface area contributed by atoms with Crippen LogP contribution in [0.15, 0.2) is 34.1 Å². The fraction of sp³-hybridized carbons (Fsp3) is 0.0833. The minimum Gasteiger partial charge on any atom is -0.321 e. The zero-order chi connectivity index (χ0) is 12.4. The van der Waals surface area contributed by atoms with Crippen molar-refractivity contribution in [1.82, 2.24) is 0 Å². The molecule has 0 spiro atoms. The van der Waals surface area contributed by atoms with Crippen LogP contribution in [0.4, 0.5) is 10.1 Å². The number of halogens is 2. The Morgan fingerprint density at radius 2 is 2.12 bits per heavy atom. The summed E-state index contributed by atoms with van der Waals surface area (Å²) in [5, 5.41) is 2.65. The van der Waals surface area contributed by atoms with Crippen LogP contribution in [0.1, 0.15) is 15.2 Å². The molecule has 0 radical (unpaired) electrons. The van der Waals surface area contributed by atoms with Crippen molar-refractivity contribution in [2.45, 2.75) is 6.92 Å². The SMILES string of the molecule is Cc1ccc(NC(=O)c2ccc(Br)s2)cc1F. The molecule has 1 amide bonds. The lowest BCUT2D eigenvalue weighted by Crippen LogP contribution is -2.10. The maximum atomic E-state index is 13.3. The van der Waals surface area contributed by atoms with E-state index in [1.807, 2.05) is 0 Å². The van der Waals surface area contributed by atoms with Gasteiger partial charge in [0.2, 0.25) is 0 Å². The maximum absolute atomic E-state index is 13.3. The average molecular weight is 314 g/mol. The first-order valence-electron chi connectivity index (χ1n) is 4.89. The number of hydrogen-bond acceptors (Lipinski definition) is 2. The van der Waals surface area contributed by atoms with Crippen LogP contribution in [0.3, 0.4) is 0 Å². The first kappa shape index (κ1) is 12.3. The molecule has 5 heteroatoms. The third kappa shape index (κ3) is 2.92. The number of nitrogens with one attached hydrogen (secondary N) is 1. The van der Waals surface area contributed by atoms with Gasteiger partial charge in [0.05, 0.1) is 8.66 Å². The smallest absolute Gasteiger partial charge is 0.265 e. The lowest BCUT2D eigenvalue weighted by Gasteiger charge is -2.04. The Balaban J connectivity index is 2.15. The highest BCUT2D eigenvalue weighted by atomic mass is 79.9. The van der Waals surface area contributed by atoms with Gasteiger partial charge in [0.1, 0.15) is 5.82 Å². The van der Waals surface area contributed by atoms with Crippen molar-refractivity contribution in [1.29, 1.82) is 0 Å². The molecule has 0 fully saturated rings. The number of thiophene rings is 1. The number of rotatable bonds is 2. The first-order chi connectivity index (χ1) is 8.06. The lowest BCUT2D eigenvalue weighted by atomic mass is 10.2. The number of carbonyl (C=O) groups is 1. The van der Waals surface area contributed by atoms with Crippen LogP contribution < -0.4 is 5.32 Å². The summed E-state index contributed by atoms with van der Waals surface area (Å²) in [6, 6.07) is 8.15. The molecule has 0 atom stereocenters. The van der Waals surface area contributed by atoms with Gasteiger partial charge < -0.3 is 5.32 Å². The Morgan fingerprint density at radius 3 is 2.71 bits per heavy atom. The molecule has 1 heterocycles. The van der Waals surface area contributed by atoms with Crippen LogP contribution in [-0.4, -0.2) is 5.91 Å². The van der Waals surface area contributed by atoms with Gasteiger partial charge in [-0.1, -0.05) is 6.07 Å². The van der Waals surface area contributed by atoms with Crippen molar-refractivity contribution in [3.8, 4) is 0 Å². The second-order valence-corrected chi connectivity index (χ2v) is 5.98. The molecule has 2 nitrogen and oxygen atoms in total. The Labute approximate surface area is 111 Å². The molecule has 0 aliphatic carbocycles. The second-order valence-electron chi connectivity index (χ2n) is 3.52. The molecule has 88 valence electrons. The Hall–Kier alpha value is -1.20. The van der Waals surface area contributed by atoms with E-state index < -0.39 is 0 Å². The molecule has 0 saturated heterocycles. The van der Waals surface area contributed by atoms with Crippen LogP contribution in [0, 0.1) is 12.7 Å². The van der Waals surface area contributed by atoms with E-state index >= 15 is 0 Å². The van der Waals surface area contributed by atoms with E-state index in [1.54, 1.807) is 31.2 Å². The topological polar surface area (TPSA) is 29.1 Å². The second kappa shape index (κ2) is 4.98. The molecule has 2 aromatic rings. The van der Waals surface area contributed by atoms with Crippen molar-refractivity contribution in [3.63, 3.8) is 0 Å². The van der Waals surface area contributed by atoms with E-state index in [9.17, 15) is 9.18 Å². The standard InChI is InChI=1S/C12H9BrFNOS/c1-7-2-3-8(6-9(7)14)15-12(16)10-4-5-11(13)17-10/h2-6H,1H3,(H,15,16). The summed E-state index contributed by atoms with van der Waals surface area (Å²) in [6.07, 6.45) is 0. The number of carbonyl (C=O) groups excluding carboxylic acids is 1. The molecule has 0 saturated carbocycles. The minimum atomic E-state index is -0.324. The van der Waals surface area contributed by atoms with Gasteiger partial charge >= 0.3 is 0 Å². The maximum Gasteiger partial charge on any atom is 0.265 e. The van der Waals surface area contributed by atoms with E-state index in [0.29, 0.717) is 16.1 Å². The lowest BCUT2D eigenvalue weighted by molar-refractivity contribution is 0.103. The molecule has 0 aliphatic rings. The monoisotopic (exact) mass is 313 g/mol. The predicted molar refractivity (Wildman–Crippen MR) is 71.1 cm³/mol. The van der Waals surface area contributed by atoms with Crippen LogP contribution in [0.2, 0.25) is 0 Å². The summed E-state index contributed by atoms with van der Waals surface area (Å²) in [6.45, 7) is 1.68. The van der Waals surface area contributed by atoms with Gasteiger partial charge in [0.25, 0.3) is 5.91 Å². The third-order valence-electron chi connectivity index (χ3n) is 2.23. The summed E-state index contributed by atoms with van der Waals surface area (Å²) in [5.74, 6) is -0.556. The highest BCUT2D eigenvalue weighted by Crippen LogP contribution is 2.23. The summed E-state index contributed by atoms with van der Waals surface area (Å²) in [7, 11) is 0. The van der Waals surface area contributed by atoms with Crippen molar-refractivity contribution >= 4 is 38.9 Å². The molecule has 0 aliphatic heterocycles. The van der Waals surface area contributed by atoms with Crippen LogP contribution >= 0.6 is 27.3 Å². The van der Waals surface area contributed by atoms with Crippen molar-refractivity contribution in [2.24, 2.45) is 0 Å². The number of benzene rings is 1. The molecule has 1 N–H and O–H groups in total. The van der Waals surface area contributed by atoms with Gasteiger partial charge in [0, 0.05) is 5.69 Å². The fourth-order valence-electron chi connectivity index (χ4n) is 1.30. The molecule has 2 rings (SSSR count). The minimum absolute atomic E-state index is 0.232. The van der Waals surface area contributed by atoms with E-state index in [-0.39, 0.29) is 11.7 Å². The molecule has 0 bridgehead atoms.